The van der Waals surface area contributed by atoms with Crippen LogP contribution >= 0.6 is 0 Å². The number of primary amides is 1. The Morgan fingerprint density at radius 2 is 1.84 bits per heavy atom. The predicted molar refractivity (Wildman–Crippen MR) is 169 cm³/mol. The molecule has 0 radical (unpaired) electrons. The molecule has 5 rings (SSSR count). The summed E-state index contributed by atoms with van der Waals surface area (Å²) >= 11 is 0. The van der Waals surface area contributed by atoms with E-state index < -0.39 is 5.91 Å². The second-order valence-electron chi connectivity index (χ2n) is 10.8. The first-order valence-electron chi connectivity index (χ1n) is 14.4. The summed E-state index contributed by atoms with van der Waals surface area (Å²) in [6.07, 6.45) is 8.53. The van der Waals surface area contributed by atoms with Gasteiger partial charge in [0.25, 0.3) is 0 Å². The third-order valence-corrected chi connectivity index (χ3v) is 7.61. The lowest BCUT2D eigenvalue weighted by Gasteiger charge is -2.32. The van der Waals surface area contributed by atoms with Crippen LogP contribution in [-0.2, 0) is 6.54 Å². The van der Waals surface area contributed by atoms with Gasteiger partial charge in [-0.15, -0.1) is 0 Å². The van der Waals surface area contributed by atoms with E-state index in [1.165, 1.54) is 6.08 Å². The predicted octanol–water partition coefficient (Wildman–Crippen LogP) is 5.67. The molecular formula is C34H35N7O3. The van der Waals surface area contributed by atoms with Crippen molar-refractivity contribution >= 4 is 17.9 Å². The fourth-order valence-electron chi connectivity index (χ4n) is 5.32. The van der Waals surface area contributed by atoms with Crippen molar-refractivity contribution in [2.45, 2.75) is 39.3 Å². The van der Waals surface area contributed by atoms with Gasteiger partial charge in [-0.05, 0) is 90.9 Å². The van der Waals surface area contributed by atoms with E-state index >= 15 is 0 Å². The van der Waals surface area contributed by atoms with Gasteiger partial charge >= 0.3 is 0 Å². The van der Waals surface area contributed by atoms with E-state index in [0.717, 1.165) is 60.3 Å². The lowest BCUT2D eigenvalue weighted by atomic mass is 10.0. The minimum Gasteiger partial charge on any atom is -0.481 e. The van der Waals surface area contributed by atoms with Crippen molar-refractivity contribution in [3.63, 3.8) is 0 Å². The van der Waals surface area contributed by atoms with Gasteiger partial charge in [0.05, 0.1) is 18.7 Å². The Morgan fingerprint density at radius 1 is 1.11 bits per heavy atom. The third-order valence-electron chi connectivity index (χ3n) is 7.61. The number of benzene rings is 2. The number of pyridine rings is 1. The van der Waals surface area contributed by atoms with Crippen molar-refractivity contribution in [3.05, 3.63) is 94.8 Å². The van der Waals surface area contributed by atoms with Gasteiger partial charge in [0.1, 0.15) is 5.75 Å². The van der Waals surface area contributed by atoms with E-state index in [-0.39, 0.29) is 6.04 Å². The summed E-state index contributed by atoms with van der Waals surface area (Å²) in [5.74, 6) is 1.67. The van der Waals surface area contributed by atoms with Crippen LogP contribution in [0, 0.1) is 25.2 Å². The summed E-state index contributed by atoms with van der Waals surface area (Å²) < 4.78 is 11.9. The molecule has 0 saturated carbocycles. The lowest BCUT2D eigenvalue weighted by Crippen LogP contribution is -2.39. The Hall–Kier alpha value is -5.27. The number of nitrogens with two attached hydrogens (primary N) is 1. The molecule has 1 fully saturated rings. The zero-order valence-corrected chi connectivity index (χ0v) is 25.1. The number of hydrogen-bond donors (Lipinski definition) is 2. The molecule has 0 unspecified atom stereocenters. The quantitative estimate of drug-likeness (QED) is 0.224. The van der Waals surface area contributed by atoms with Crippen molar-refractivity contribution in [1.82, 2.24) is 19.9 Å². The highest BCUT2D eigenvalue weighted by molar-refractivity contribution is 5.92. The van der Waals surface area contributed by atoms with Gasteiger partial charge in [0.2, 0.25) is 23.6 Å². The number of carbonyl (C=O) groups is 1. The number of aryl methyl sites for hydroxylation is 2. The zero-order valence-electron chi connectivity index (χ0n) is 25.1. The molecule has 0 bridgehead atoms. The van der Waals surface area contributed by atoms with Crippen LogP contribution < -0.4 is 20.5 Å². The average molecular weight is 590 g/mol. The first kappa shape index (κ1) is 30.2. The van der Waals surface area contributed by atoms with E-state index in [9.17, 15) is 4.79 Å². The van der Waals surface area contributed by atoms with Gasteiger partial charge in [-0.1, -0.05) is 12.1 Å². The number of anilines is 1. The second kappa shape index (κ2) is 13.8. The van der Waals surface area contributed by atoms with Crippen LogP contribution in [0.1, 0.15) is 45.5 Å². The summed E-state index contributed by atoms with van der Waals surface area (Å²) in [7, 11) is 1.58. The number of allylic oxidation sites excluding steroid dienone is 1. The van der Waals surface area contributed by atoms with Gasteiger partial charge < -0.3 is 20.5 Å². The first-order chi connectivity index (χ1) is 21.3. The number of amides is 1. The highest BCUT2D eigenvalue weighted by atomic mass is 16.5. The fourth-order valence-corrected chi connectivity index (χ4v) is 5.32. The van der Waals surface area contributed by atoms with E-state index in [1.807, 2.05) is 56.3 Å². The lowest BCUT2D eigenvalue weighted by molar-refractivity contribution is 0.1000. The molecule has 224 valence electrons. The maximum absolute atomic E-state index is 11.4. The number of methoxy groups -OCH3 is 1. The number of hydrogen-bond acceptors (Lipinski definition) is 9. The van der Waals surface area contributed by atoms with Gasteiger partial charge in [-0.2, -0.15) is 10.2 Å². The first-order valence-corrected chi connectivity index (χ1v) is 14.4. The number of likely N-dealkylation sites (tertiary alicyclic amines) is 1. The summed E-state index contributed by atoms with van der Waals surface area (Å²) in [6, 6.07) is 17.4. The molecule has 0 aliphatic carbocycles. The van der Waals surface area contributed by atoms with Crippen LogP contribution in [0.3, 0.4) is 0 Å². The van der Waals surface area contributed by atoms with Crippen LogP contribution in [-0.4, -0.2) is 52.0 Å². The molecule has 44 heavy (non-hydrogen) atoms. The van der Waals surface area contributed by atoms with E-state index in [2.05, 4.69) is 20.2 Å². The third kappa shape index (κ3) is 7.38. The summed E-state index contributed by atoms with van der Waals surface area (Å²) in [5, 5.41) is 12.4. The molecule has 1 aliphatic heterocycles. The fraction of sp³-hybridized carbons (Fsp3) is 0.265. The van der Waals surface area contributed by atoms with Gasteiger partial charge in [-0.25, -0.2) is 9.97 Å². The Balaban J connectivity index is 1.34. The molecular weight excluding hydrogens is 554 g/mol. The van der Waals surface area contributed by atoms with E-state index in [1.54, 1.807) is 37.7 Å². The van der Waals surface area contributed by atoms with Crippen LogP contribution in [0.2, 0.25) is 0 Å². The highest BCUT2D eigenvalue weighted by Crippen LogP contribution is 2.36. The molecule has 10 heteroatoms. The molecule has 1 aliphatic rings. The van der Waals surface area contributed by atoms with Gasteiger partial charge in [0.15, 0.2) is 0 Å². The van der Waals surface area contributed by atoms with Crippen LogP contribution in [0.15, 0.2) is 67.0 Å². The number of rotatable bonds is 10. The largest absolute Gasteiger partial charge is 0.481 e. The maximum atomic E-state index is 11.4. The van der Waals surface area contributed by atoms with Crippen LogP contribution in [0.5, 0.6) is 17.5 Å². The van der Waals surface area contributed by atoms with E-state index in [0.29, 0.717) is 34.6 Å². The number of aromatic nitrogens is 3. The summed E-state index contributed by atoms with van der Waals surface area (Å²) in [4.78, 5) is 27.5. The SMILES string of the molecule is COc1cc(-c2cnc(NC3CCN(Cc4ccc(C(N)=O)cc4)CC3)nc2Oc2c(C)cc(C=CC#N)cc2C)ccn1. The smallest absolute Gasteiger partial charge is 0.248 e. The van der Waals surface area contributed by atoms with Crippen molar-refractivity contribution < 1.29 is 14.3 Å². The molecule has 0 spiro atoms. The minimum atomic E-state index is -0.416. The Morgan fingerprint density at radius 3 is 2.50 bits per heavy atom. The Labute approximate surface area is 257 Å². The molecule has 3 N–H and O–H groups in total. The number of piperidine rings is 1. The topological polar surface area (TPSA) is 139 Å². The zero-order chi connectivity index (χ0) is 31.1. The van der Waals surface area contributed by atoms with Gasteiger partial charge in [-0.3, -0.25) is 9.69 Å². The minimum absolute atomic E-state index is 0.206. The second-order valence-corrected chi connectivity index (χ2v) is 10.8. The molecule has 4 aromatic rings. The van der Waals surface area contributed by atoms with Crippen molar-refractivity contribution in [3.8, 4) is 34.7 Å². The average Bonchev–Trinajstić information content (AvgIpc) is 3.03. The van der Waals surface area contributed by atoms with Crippen molar-refractivity contribution in [2.75, 3.05) is 25.5 Å². The standard InChI is InChI=1S/C34H35N7O3/c1-22-17-25(5-4-13-35)18-23(2)31(22)44-33-29(27-10-14-37-30(19-27)43-3)20-38-34(40-33)39-28-11-15-41(16-12-28)21-24-6-8-26(9-7-24)32(36)42/h4-10,14,17-20,28H,11-12,15-16,21H2,1-3H3,(H2,36,42)(H,38,39,40). The van der Waals surface area contributed by atoms with Gasteiger partial charge in [0, 0.05) is 55.8 Å². The van der Waals surface area contributed by atoms with Crippen molar-refractivity contribution in [1.29, 1.82) is 5.26 Å². The van der Waals surface area contributed by atoms with Crippen LogP contribution in [0.4, 0.5) is 5.95 Å². The Bertz CT molecular complexity index is 1680. The highest BCUT2D eigenvalue weighted by Gasteiger charge is 2.22. The number of ether oxygens (including phenoxy) is 2. The summed E-state index contributed by atoms with van der Waals surface area (Å²) in [5.41, 5.74) is 11.3. The maximum Gasteiger partial charge on any atom is 0.248 e. The Kier molecular flexibility index (Phi) is 9.47. The van der Waals surface area contributed by atoms with Crippen molar-refractivity contribution in [2.24, 2.45) is 5.73 Å². The normalized spacial score (nSPS) is 13.9. The molecule has 1 saturated heterocycles. The molecule has 3 heterocycles. The number of nitrogens with one attached hydrogen (secondary N) is 1. The monoisotopic (exact) mass is 589 g/mol. The molecule has 2 aromatic heterocycles. The molecule has 10 nitrogen and oxygen atoms in total. The van der Waals surface area contributed by atoms with E-state index in [4.69, 9.17) is 25.5 Å². The molecule has 1 amide bonds. The number of carbonyl (C=O) groups excluding carboxylic acids is 1. The molecule has 0 atom stereocenters. The van der Waals surface area contributed by atoms with Crippen LogP contribution in [0.25, 0.3) is 17.2 Å². The summed E-state index contributed by atoms with van der Waals surface area (Å²) in [6.45, 7) is 6.59. The number of nitrogens with zero attached hydrogens (tertiary/aromatic N) is 5. The number of nitriles is 1. The molecule has 2 aromatic carbocycles.